The summed E-state index contributed by atoms with van der Waals surface area (Å²) in [7, 11) is -3.42. The topological polar surface area (TPSA) is 90.3 Å². The van der Waals surface area contributed by atoms with Gasteiger partial charge in [0.05, 0.1) is 17.7 Å². The molecule has 0 unspecified atom stereocenters. The van der Waals surface area contributed by atoms with E-state index in [0.29, 0.717) is 24.9 Å². The number of carbonyl (C=O) groups is 1. The Balaban J connectivity index is 1.68. The molecule has 1 saturated carbocycles. The largest absolute Gasteiger partial charge is 0.337 e. The molecule has 2 fully saturated rings. The molecule has 26 heavy (non-hydrogen) atoms. The highest BCUT2D eigenvalue weighted by molar-refractivity contribution is 7.90. The van der Waals surface area contributed by atoms with Crippen molar-refractivity contribution in [2.45, 2.75) is 56.2 Å². The van der Waals surface area contributed by atoms with E-state index in [-0.39, 0.29) is 24.9 Å². The minimum atomic E-state index is -3.42. The number of rotatable bonds is 5. The Morgan fingerprint density at radius 2 is 2.00 bits per heavy atom. The molecule has 1 aromatic rings. The molecule has 1 saturated heterocycles. The number of sulfonamides is 1. The summed E-state index contributed by atoms with van der Waals surface area (Å²) in [5.41, 5.74) is 1.31. The van der Waals surface area contributed by atoms with Gasteiger partial charge in [-0.05, 0) is 43.4 Å². The molecule has 1 aliphatic carbocycles. The molecule has 1 amide bonds. The molecule has 6 nitrogen and oxygen atoms in total. The second-order valence-corrected chi connectivity index (χ2v) is 9.19. The molecular weight excluding hydrogens is 350 g/mol. The average molecular weight is 375 g/mol. The summed E-state index contributed by atoms with van der Waals surface area (Å²) in [6.07, 6.45) is 5.47. The number of hydrogen-bond acceptors (Lipinski definition) is 4. The standard InChI is InChI=1S/C19H25N3O3S/c20-11-10-15-5-3-6-16(13-15)19(23)22-12-4-9-18(14-22)26(24,25)21-17-7-1-2-8-17/h3,5-6,13,17-18,21H,1-2,4,7-10,12,14H2/t18-/m0/s1. The summed E-state index contributed by atoms with van der Waals surface area (Å²) >= 11 is 0. The highest BCUT2D eigenvalue weighted by Gasteiger charge is 2.34. The third-order valence-corrected chi connectivity index (χ3v) is 7.17. The first-order chi connectivity index (χ1) is 12.5. The van der Waals surface area contributed by atoms with Crippen molar-refractivity contribution in [3.05, 3.63) is 35.4 Å². The molecule has 0 aromatic heterocycles. The van der Waals surface area contributed by atoms with Crippen molar-refractivity contribution in [2.24, 2.45) is 0 Å². The normalized spacial score (nSPS) is 21.5. The van der Waals surface area contributed by atoms with Gasteiger partial charge in [-0.2, -0.15) is 5.26 Å². The van der Waals surface area contributed by atoms with Crippen LogP contribution in [0.1, 0.15) is 54.4 Å². The maximum absolute atomic E-state index is 12.8. The van der Waals surface area contributed by atoms with Crippen molar-refractivity contribution >= 4 is 15.9 Å². The van der Waals surface area contributed by atoms with E-state index in [4.69, 9.17) is 5.26 Å². The van der Waals surface area contributed by atoms with Crippen LogP contribution in [0.5, 0.6) is 0 Å². The van der Waals surface area contributed by atoms with Crippen molar-refractivity contribution in [1.82, 2.24) is 9.62 Å². The second-order valence-electron chi connectivity index (χ2n) is 7.19. The maximum atomic E-state index is 12.8. The molecule has 1 heterocycles. The molecule has 0 bridgehead atoms. The van der Waals surface area contributed by atoms with Gasteiger partial charge in [-0.3, -0.25) is 4.79 Å². The van der Waals surface area contributed by atoms with Crippen LogP contribution in [-0.4, -0.2) is 43.6 Å². The lowest BCUT2D eigenvalue weighted by Crippen LogP contribution is -2.49. The van der Waals surface area contributed by atoms with Gasteiger partial charge in [-0.1, -0.05) is 25.0 Å². The van der Waals surface area contributed by atoms with Crippen molar-refractivity contribution < 1.29 is 13.2 Å². The Kier molecular flexibility index (Phi) is 5.94. The molecule has 1 aromatic carbocycles. The van der Waals surface area contributed by atoms with Crippen LogP contribution in [0.15, 0.2) is 24.3 Å². The van der Waals surface area contributed by atoms with Crippen molar-refractivity contribution in [2.75, 3.05) is 13.1 Å². The summed E-state index contributed by atoms with van der Waals surface area (Å²) in [6.45, 7) is 0.792. The van der Waals surface area contributed by atoms with E-state index >= 15 is 0 Å². The lowest BCUT2D eigenvalue weighted by atomic mass is 10.1. The SMILES string of the molecule is N#CCc1cccc(C(=O)N2CCC[C@H](S(=O)(=O)NC3CCCC3)C2)c1. The van der Waals surface area contributed by atoms with Crippen LogP contribution in [-0.2, 0) is 16.4 Å². The molecule has 2 aliphatic rings. The van der Waals surface area contributed by atoms with Gasteiger partial charge in [0, 0.05) is 24.7 Å². The number of nitrogens with one attached hydrogen (secondary N) is 1. The maximum Gasteiger partial charge on any atom is 0.253 e. The molecule has 7 heteroatoms. The van der Waals surface area contributed by atoms with Crippen molar-refractivity contribution in [3.63, 3.8) is 0 Å². The van der Waals surface area contributed by atoms with Crippen LogP contribution in [0.4, 0.5) is 0 Å². The zero-order valence-corrected chi connectivity index (χ0v) is 15.7. The van der Waals surface area contributed by atoms with Gasteiger partial charge in [0.2, 0.25) is 10.0 Å². The summed E-state index contributed by atoms with van der Waals surface area (Å²) in [5, 5.41) is 8.27. The van der Waals surface area contributed by atoms with Gasteiger partial charge in [-0.25, -0.2) is 13.1 Å². The summed E-state index contributed by atoms with van der Waals surface area (Å²) < 4.78 is 28.2. The van der Waals surface area contributed by atoms with Gasteiger partial charge in [-0.15, -0.1) is 0 Å². The predicted octanol–water partition coefficient (Wildman–Crippen LogP) is 2.22. The van der Waals surface area contributed by atoms with E-state index in [0.717, 1.165) is 31.2 Å². The Hall–Kier alpha value is -1.91. The summed E-state index contributed by atoms with van der Waals surface area (Å²) in [4.78, 5) is 14.4. The number of piperidine rings is 1. The molecule has 0 radical (unpaired) electrons. The molecule has 3 rings (SSSR count). The third-order valence-electron chi connectivity index (χ3n) is 5.25. The fraction of sp³-hybridized carbons (Fsp3) is 0.579. The zero-order chi connectivity index (χ0) is 18.6. The number of carbonyl (C=O) groups excluding carboxylic acids is 1. The molecule has 1 atom stereocenters. The second kappa shape index (κ2) is 8.19. The zero-order valence-electron chi connectivity index (χ0n) is 14.9. The van der Waals surface area contributed by atoms with E-state index in [1.165, 1.54) is 0 Å². The van der Waals surface area contributed by atoms with E-state index in [1.54, 1.807) is 23.1 Å². The Bertz CT molecular complexity index is 794. The third kappa shape index (κ3) is 4.43. The number of benzene rings is 1. The van der Waals surface area contributed by atoms with E-state index in [2.05, 4.69) is 10.8 Å². The molecule has 1 N–H and O–H groups in total. The molecule has 1 aliphatic heterocycles. The fourth-order valence-corrected chi connectivity index (χ4v) is 5.58. The quantitative estimate of drug-likeness (QED) is 0.854. The number of hydrogen-bond donors (Lipinski definition) is 1. The van der Waals surface area contributed by atoms with Crippen LogP contribution in [0.25, 0.3) is 0 Å². The minimum absolute atomic E-state index is 0.0498. The van der Waals surface area contributed by atoms with Gasteiger partial charge in [0.25, 0.3) is 5.91 Å². The van der Waals surface area contributed by atoms with Gasteiger partial charge >= 0.3 is 0 Å². The summed E-state index contributed by atoms with van der Waals surface area (Å²) in [6, 6.07) is 9.15. The number of nitriles is 1. The first kappa shape index (κ1) is 18.9. The number of amides is 1. The number of likely N-dealkylation sites (tertiary alicyclic amines) is 1. The summed E-state index contributed by atoms with van der Waals surface area (Å²) in [5.74, 6) is -0.162. The van der Waals surface area contributed by atoms with Gasteiger partial charge in [0.15, 0.2) is 0 Å². The van der Waals surface area contributed by atoms with Crippen molar-refractivity contribution in [1.29, 1.82) is 5.26 Å². The first-order valence-electron chi connectivity index (χ1n) is 9.26. The highest BCUT2D eigenvalue weighted by Crippen LogP contribution is 2.23. The van der Waals surface area contributed by atoms with Gasteiger partial charge in [0.1, 0.15) is 0 Å². The smallest absolute Gasteiger partial charge is 0.253 e. The van der Waals surface area contributed by atoms with Crippen LogP contribution in [0.2, 0.25) is 0 Å². The van der Waals surface area contributed by atoms with Crippen LogP contribution in [0, 0.1) is 11.3 Å². The predicted molar refractivity (Wildman–Crippen MR) is 99.0 cm³/mol. The lowest BCUT2D eigenvalue weighted by Gasteiger charge is -2.33. The first-order valence-corrected chi connectivity index (χ1v) is 10.8. The van der Waals surface area contributed by atoms with Crippen LogP contribution >= 0.6 is 0 Å². The molecule has 140 valence electrons. The highest BCUT2D eigenvalue weighted by atomic mass is 32.2. The van der Waals surface area contributed by atoms with E-state index in [9.17, 15) is 13.2 Å². The monoisotopic (exact) mass is 375 g/mol. The molecular formula is C19H25N3O3S. The van der Waals surface area contributed by atoms with Gasteiger partial charge < -0.3 is 4.90 Å². The lowest BCUT2D eigenvalue weighted by molar-refractivity contribution is 0.0726. The van der Waals surface area contributed by atoms with E-state index in [1.807, 2.05) is 6.07 Å². The Labute approximate surface area is 155 Å². The minimum Gasteiger partial charge on any atom is -0.337 e. The Morgan fingerprint density at radius 3 is 2.73 bits per heavy atom. The fourth-order valence-electron chi connectivity index (χ4n) is 3.84. The molecule has 0 spiro atoms. The van der Waals surface area contributed by atoms with Crippen LogP contribution in [0.3, 0.4) is 0 Å². The van der Waals surface area contributed by atoms with Crippen LogP contribution < -0.4 is 4.72 Å². The average Bonchev–Trinajstić information content (AvgIpc) is 3.14. The number of nitrogens with zero attached hydrogens (tertiary/aromatic N) is 2. The Morgan fingerprint density at radius 1 is 1.23 bits per heavy atom. The van der Waals surface area contributed by atoms with E-state index < -0.39 is 15.3 Å². The van der Waals surface area contributed by atoms with Crippen molar-refractivity contribution in [3.8, 4) is 6.07 Å².